The molecule has 0 radical (unpaired) electrons. The van der Waals surface area contributed by atoms with Crippen LogP contribution in [0.5, 0.6) is 5.75 Å². The summed E-state index contributed by atoms with van der Waals surface area (Å²) < 4.78 is 45.0. The van der Waals surface area contributed by atoms with Crippen LogP contribution in [0.2, 0.25) is 0 Å². The summed E-state index contributed by atoms with van der Waals surface area (Å²) in [4.78, 5) is 13.6. The molecule has 168 valence electrons. The zero-order valence-electron chi connectivity index (χ0n) is 17.7. The molecule has 4 nitrogen and oxygen atoms in total. The third-order valence-corrected chi connectivity index (χ3v) is 7.08. The van der Waals surface area contributed by atoms with Gasteiger partial charge in [-0.1, -0.05) is 32.1 Å². The van der Waals surface area contributed by atoms with Gasteiger partial charge in [0.15, 0.2) is 0 Å². The average Bonchev–Trinajstić information content (AvgIpc) is 2.73. The molecule has 30 heavy (non-hydrogen) atoms. The van der Waals surface area contributed by atoms with Crippen molar-refractivity contribution in [3.05, 3.63) is 23.3 Å². The van der Waals surface area contributed by atoms with E-state index in [2.05, 4.69) is 10.6 Å². The van der Waals surface area contributed by atoms with Crippen molar-refractivity contribution in [2.24, 2.45) is 5.92 Å². The standard InChI is InChI=1S/C22H31F3N2O2S/c1-29-17-11-16(22(23,24)25)12-18(30-2)19(17)20(28)27-21(9-6-10-26-14-21)13-15-7-4-3-5-8-15/h11-12,15,26H,3-10,13-14H2,1-2H3,(H,27,28). The van der Waals surface area contributed by atoms with Crippen molar-refractivity contribution in [3.63, 3.8) is 0 Å². The maximum absolute atomic E-state index is 13.4. The fourth-order valence-electron chi connectivity index (χ4n) is 4.85. The molecular formula is C22H31F3N2O2S. The van der Waals surface area contributed by atoms with Gasteiger partial charge in [0.05, 0.1) is 23.8 Å². The van der Waals surface area contributed by atoms with Crippen molar-refractivity contribution in [2.45, 2.75) is 68.0 Å². The Morgan fingerprint density at radius 1 is 1.27 bits per heavy atom. The van der Waals surface area contributed by atoms with Gasteiger partial charge in [0, 0.05) is 11.4 Å². The first kappa shape index (κ1) is 23.3. The number of benzene rings is 1. The molecule has 2 N–H and O–H groups in total. The highest BCUT2D eigenvalue weighted by atomic mass is 32.2. The quantitative estimate of drug-likeness (QED) is 0.588. The van der Waals surface area contributed by atoms with E-state index in [4.69, 9.17) is 4.74 Å². The summed E-state index contributed by atoms with van der Waals surface area (Å²) in [6.45, 7) is 1.61. The lowest BCUT2D eigenvalue weighted by Crippen LogP contribution is -2.58. The Morgan fingerprint density at radius 3 is 2.57 bits per heavy atom. The second-order valence-corrected chi connectivity index (χ2v) is 9.32. The lowest BCUT2D eigenvalue weighted by atomic mass is 9.76. The Labute approximate surface area is 180 Å². The van der Waals surface area contributed by atoms with E-state index in [-0.39, 0.29) is 27.7 Å². The molecule has 1 saturated carbocycles. The van der Waals surface area contributed by atoms with Gasteiger partial charge in [-0.15, -0.1) is 11.8 Å². The minimum Gasteiger partial charge on any atom is -0.496 e. The number of nitrogens with one attached hydrogen (secondary N) is 2. The highest BCUT2D eigenvalue weighted by Gasteiger charge is 2.38. The average molecular weight is 445 g/mol. The predicted octanol–water partition coefficient (Wildman–Crippen LogP) is 5.26. The number of rotatable bonds is 6. The summed E-state index contributed by atoms with van der Waals surface area (Å²) in [6.07, 6.45) is 6.00. The number of carbonyl (C=O) groups excluding carboxylic acids is 1. The minimum atomic E-state index is -4.50. The Kier molecular flexibility index (Phi) is 7.61. The predicted molar refractivity (Wildman–Crippen MR) is 113 cm³/mol. The highest BCUT2D eigenvalue weighted by Crippen LogP contribution is 2.39. The lowest BCUT2D eigenvalue weighted by molar-refractivity contribution is -0.137. The van der Waals surface area contributed by atoms with E-state index >= 15 is 0 Å². The van der Waals surface area contributed by atoms with E-state index in [0.717, 1.165) is 49.7 Å². The summed E-state index contributed by atoms with van der Waals surface area (Å²) in [6, 6.07) is 1.95. The van der Waals surface area contributed by atoms with E-state index in [9.17, 15) is 18.0 Å². The third-order valence-electron chi connectivity index (χ3n) is 6.32. The monoisotopic (exact) mass is 444 g/mol. The normalized spacial score (nSPS) is 23.2. The fraction of sp³-hybridized carbons (Fsp3) is 0.682. The number of halogens is 3. The zero-order valence-corrected chi connectivity index (χ0v) is 18.5. The number of piperidine rings is 1. The molecular weight excluding hydrogens is 413 g/mol. The van der Waals surface area contributed by atoms with Crippen LogP contribution in [-0.4, -0.2) is 37.9 Å². The summed E-state index contributed by atoms with van der Waals surface area (Å²) in [5.74, 6) is 0.182. The number of thioether (sulfide) groups is 1. The van der Waals surface area contributed by atoms with Gasteiger partial charge >= 0.3 is 6.18 Å². The number of ether oxygens (including phenoxy) is 1. The lowest BCUT2D eigenvalue weighted by Gasteiger charge is -2.42. The van der Waals surface area contributed by atoms with E-state index in [1.807, 2.05) is 0 Å². The van der Waals surface area contributed by atoms with Crippen LogP contribution in [0, 0.1) is 5.92 Å². The fourth-order valence-corrected chi connectivity index (χ4v) is 5.49. The molecule has 1 aliphatic heterocycles. The SMILES string of the molecule is COc1cc(C(F)(F)F)cc(SC)c1C(=O)NC1(CC2CCCCC2)CCCNC1. The maximum atomic E-state index is 13.4. The number of alkyl halides is 3. The van der Waals surface area contributed by atoms with Crippen LogP contribution in [-0.2, 0) is 6.18 Å². The first-order valence-corrected chi connectivity index (χ1v) is 11.9. The molecule has 2 aliphatic rings. The van der Waals surface area contributed by atoms with Crippen LogP contribution in [0.15, 0.2) is 17.0 Å². The van der Waals surface area contributed by atoms with Gasteiger partial charge in [-0.3, -0.25) is 4.79 Å². The van der Waals surface area contributed by atoms with Crippen molar-refractivity contribution in [1.82, 2.24) is 10.6 Å². The summed E-state index contributed by atoms with van der Waals surface area (Å²) >= 11 is 1.12. The van der Waals surface area contributed by atoms with Gasteiger partial charge in [-0.05, 0) is 50.1 Å². The molecule has 0 bridgehead atoms. The second kappa shape index (κ2) is 9.81. The molecule has 2 fully saturated rings. The maximum Gasteiger partial charge on any atom is 0.416 e. The summed E-state index contributed by atoms with van der Waals surface area (Å²) in [5.41, 5.74) is -0.996. The van der Waals surface area contributed by atoms with Gasteiger partial charge in [0.2, 0.25) is 0 Å². The summed E-state index contributed by atoms with van der Waals surface area (Å²) in [7, 11) is 1.30. The molecule has 1 aliphatic carbocycles. The van der Waals surface area contributed by atoms with Crippen molar-refractivity contribution < 1.29 is 22.7 Å². The van der Waals surface area contributed by atoms with Crippen LogP contribution >= 0.6 is 11.8 Å². The van der Waals surface area contributed by atoms with Crippen LogP contribution < -0.4 is 15.4 Å². The molecule has 1 amide bonds. The molecule has 3 rings (SSSR count). The third kappa shape index (κ3) is 5.44. The second-order valence-electron chi connectivity index (χ2n) is 8.48. The van der Waals surface area contributed by atoms with Crippen LogP contribution in [0.25, 0.3) is 0 Å². The molecule has 1 saturated heterocycles. The smallest absolute Gasteiger partial charge is 0.416 e. The molecule has 1 atom stereocenters. The minimum absolute atomic E-state index is 0.0386. The molecule has 1 aromatic rings. The number of carbonyl (C=O) groups is 1. The van der Waals surface area contributed by atoms with Gasteiger partial charge in [-0.25, -0.2) is 0 Å². The molecule has 1 heterocycles. The highest BCUT2D eigenvalue weighted by molar-refractivity contribution is 7.98. The van der Waals surface area contributed by atoms with E-state index in [0.29, 0.717) is 12.5 Å². The van der Waals surface area contributed by atoms with Crippen molar-refractivity contribution in [3.8, 4) is 5.75 Å². The first-order chi connectivity index (χ1) is 14.3. The van der Waals surface area contributed by atoms with Crippen LogP contribution in [0.1, 0.15) is 67.3 Å². The zero-order chi connectivity index (χ0) is 21.8. The van der Waals surface area contributed by atoms with Gasteiger partial charge in [0.1, 0.15) is 5.75 Å². The van der Waals surface area contributed by atoms with Crippen LogP contribution in [0.3, 0.4) is 0 Å². The summed E-state index contributed by atoms with van der Waals surface area (Å²) in [5, 5.41) is 6.64. The molecule has 0 spiro atoms. The van der Waals surface area contributed by atoms with Gasteiger partial charge in [-0.2, -0.15) is 13.2 Å². The molecule has 1 aromatic carbocycles. The first-order valence-electron chi connectivity index (χ1n) is 10.6. The molecule has 8 heteroatoms. The number of amides is 1. The van der Waals surface area contributed by atoms with Crippen LogP contribution in [0.4, 0.5) is 13.2 Å². The Morgan fingerprint density at radius 2 is 2.00 bits per heavy atom. The topological polar surface area (TPSA) is 50.4 Å². The largest absolute Gasteiger partial charge is 0.496 e. The number of hydrogen-bond donors (Lipinski definition) is 2. The van der Waals surface area contributed by atoms with Crippen molar-refractivity contribution in [1.29, 1.82) is 0 Å². The van der Waals surface area contributed by atoms with E-state index in [1.165, 1.54) is 39.2 Å². The number of hydrogen-bond acceptors (Lipinski definition) is 4. The Balaban J connectivity index is 1.89. The van der Waals surface area contributed by atoms with E-state index in [1.54, 1.807) is 6.26 Å². The van der Waals surface area contributed by atoms with E-state index < -0.39 is 11.7 Å². The van der Waals surface area contributed by atoms with Crippen molar-refractivity contribution >= 4 is 17.7 Å². The van der Waals surface area contributed by atoms with Gasteiger partial charge < -0.3 is 15.4 Å². The van der Waals surface area contributed by atoms with Gasteiger partial charge in [0.25, 0.3) is 5.91 Å². The molecule has 0 aromatic heterocycles. The Bertz CT molecular complexity index is 717. The number of methoxy groups -OCH3 is 1. The Hall–Kier alpha value is -1.41. The molecule has 1 unspecified atom stereocenters. The van der Waals surface area contributed by atoms with Crippen molar-refractivity contribution in [2.75, 3.05) is 26.5 Å².